The number of carbonyl (C=O) groups is 1. The molecule has 0 saturated carbocycles. The van der Waals surface area contributed by atoms with Gasteiger partial charge in [-0.3, -0.25) is 4.79 Å². The molecule has 1 aliphatic heterocycles. The molecule has 2 heterocycles. The van der Waals surface area contributed by atoms with Crippen LogP contribution < -0.4 is 4.90 Å². The van der Waals surface area contributed by atoms with Crippen molar-refractivity contribution in [3.8, 4) is 0 Å². The second-order valence-corrected chi connectivity index (χ2v) is 7.84. The lowest BCUT2D eigenvalue weighted by Crippen LogP contribution is -2.31. The molecule has 0 N–H and O–H groups in total. The van der Waals surface area contributed by atoms with E-state index in [0.29, 0.717) is 25.3 Å². The minimum absolute atomic E-state index is 0.0834. The quantitative estimate of drug-likeness (QED) is 0.556. The molecule has 0 atom stereocenters. The van der Waals surface area contributed by atoms with Crippen LogP contribution in [0.4, 0.5) is 5.82 Å². The van der Waals surface area contributed by atoms with Crippen molar-refractivity contribution in [2.45, 2.75) is 39.5 Å². The highest BCUT2D eigenvalue weighted by molar-refractivity contribution is 6.28. The summed E-state index contributed by atoms with van der Waals surface area (Å²) in [6.07, 6.45) is 0. The number of hydrogen-bond donors (Lipinski definition) is 0. The molecule has 148 valence electrons. The Morgan fingerprint density at radius 2 is 1.52 bits per heavy atom. The van der Waals surface area contributed by atoms with Crippen LogP contribution in [0, 0.1) is 0 Å². The number of fused-ring (bicyclic) bond motifs is 1. The number of hydrogen-bond acceptors (Lipinski definition) is 4. The molecule has 0 unspecified atom stereocenters. The van der Waals surface area contributed by atoms with Crippen molar-refractivity contribution < 1.29 is 4.79 Å². The fourth-order valence-corrected chi connectivity index (χ4v) is 3.80. The Hall–Kier alpha value is -2.92. The second kappa shape index (κ2) is 8.21. The summed E-state index contributed by atoms with van der Waals surface area (Å²) in [7, 11) is 0. The van der Waals surface area contributed by atoms with Gasteiger partial charge in [-0.15, -0.1) is 0 Å². The lowest BCUT2D eigenvalue weighted by Gasteiger charge is -2.26. The summed E-state index contributed by atoms with van der Waals surface area (Å²) in [5.41, 5.74) is 3.59. The van der Waals surface area contributed by atoms with Gasteiger partial charge < -0.3 is 9.80 Å². The molecule has 3 aromatic rings. The summed E-state index contributed by atoms with van der Waals surface area (Å²) >= 11 is 6.25. The fourth-order valence-electron chi connectivity index (χ4n) is 3.64. The van der Waals surface area contributed by atoms with E-state index in [-0.39, 0.29) is 17.2 Å². The Balaban J connectivity index is 1.77. The second-order valence-electron chi connectivity index (χ2n) is 7.50. The first-order valence-corrected chi connectivity index (χ1v) is 10.1. The van der Waals surface area contributed by atoms with Crippen molar-refractivity contribution in [1.29, 1.82) is 0 Å². The summed E-state index contributed by atoms with van der Waals surface area (Å²) in [6.45, 7) is 5.82. The van der Waals surface area contributed by atoms with Crippen LogP contribution >= 0.6 is 11.6 Å². The Labute approximate surface area is 176 Å². The standard InChI is InChI=1S/C23H23ClN4O/c1-16(2)28-15-19-20(22(28)29)25-23(24)26-21(19)27(13-17-9-5-3-6-10-17)14-18-11-7-4-8-12-18/h3-12,16H,13-15H2,1-2H3. The number of carbonyl (C=O) groups excluding carboxylic acids is 1. The highest BCUT2D eigenvalue weighted by Crippen LogP contribution is 2.33. The van der Waals surface area contributed by atoms with E-state index in [1.54, 1.807) is 0 Å². The van der Waals surface area contributed by atoms with Gasteiger partial charge in [-0.2, -0.15) is 0 Å². The summed E-state index contributed by atoms with van der Waals surface area (Å²) in [6, 6.07) is 20.6. The van der Waals surface area contributed by atoms with Crippen molar-refractivity contribution in [3.05, 3.63) is 88.3 Å². The number of rotatable bonds is 6. The molecular weight excluding hydrogens is 384 g/mol. The van der Waals surface area contributed by atoms with Crippen LogP contribution in [0.5, 0.6) is 0 Å². The number of benzene rings is 2. The van der Waals surface area contributed by atoms with E-state index in [9.17, 15) is 4.79 Å². The molecule has 0 saturated heterocycles. The zero-order chi connectivity index (χ0) is 20.4. The number of nitrogens with zero attached hydrogens (tertiary/aromatic N) is 4. The maximum atomic E-state index is 12.8. The minimum atomic E-state index is -0.0834. The average molecular weight is 407 g/mol. The van der Waals surface area contributed by atoms with Crippen LogP contribution in [-0.4, -0.2) is 26.8 Å². The lowest BCUT2D eigenvalue weighted by molar-refractivity contribution is 0.0726. The van der Waals surface area contributed by atoms with Gasteiger partial charge in [0.05, 0.1) is 6.54 Å². The maximum Gasteiger partial charge on any atom is 0.273 e. The molecule has 0 fully saturated rings. The third-order valence-electron chi connectivity index (χ3n) is 5.11. The van der Waals surface area contributed by atoms with E-state index >= 15 is 0 Å². The molecule has 4 rings (SSSR count). The van der Waals surface area contributed by atoms with E-state index in [4.69, 9.17) is 11.6 Å². The fraction of sp³-hybridized carbons (Fsp3) is 0.261. The van der Waals surface area contributed by atoms with Crippen molar-refractivity contribution in [1.82, 2.24) is 14.9 Å². The van der Waals surface area contributed by atoms with Gasteiger partial charge in [-0.05, 0) is 36.6 Å². The van der Waals surface area contributed by atoms with E-state index in [1.165, 1.54) is 0 Å². The smallest absolute Gasteiger partial charge is 0.273 e. The molecule has 0 bridgehead atoms. The van der Waals surface area contributed by atoms with E-state index in [0.717, 1.165) is 22.5 Å². The highest BCUT2D eigenvalue weighted by Gasteiger charge is 2.35. The number of anilines is 1. The van der Waals surface area contributed by atoms with Crippen molar-refractivity contribution in [2.75, 3.05) is 4.90 Å². The van der Waals surface area contributed by atoms with E-state index in [2.05, 4.69) is 39.1 Å². The summed E-state index contributed by atoms with van der Waals surface area (Å²) in [5.74, 6) is 0.643. The molecule has 0 aliphatic carbocycles. The topological polar surface area (TPSA) is 49.3 Å². The molecule has 1 amide bonds. The monoisotopic (exact) mass is 406 g/mol. The lowest BCUT2D eigenvalue weighted by atomic mass is 10.1. The van der Waals surface area contributed by atoms with Crippen LogP contribution in [-0.2, 0) is 19.6 Å². The van der Waals surface area contributed by atoms with Crippen molar-refractivity contribution >= 4 is 23.3 Å². The minimum Gasteiger partial charge on any atom is -0.348 e. The number of aromatic nitrogens is 2. The first-order valence-electron chi connectivity index (χ1n) is 9.73. The van der Waals surface area contributed by atoms with E-state index < -0.39 is 0 Å². The molecule has 6 heteroatoms. The van der Waals surface area contributed by atoms with E-state index in [1.807, 2.05) is 55.1 Å². The molecule has 1 aliphatic rings. The Morgan fingerprint density at radius 1 is 0.966 bits per heavy atom. The third-order valence-corrected chi connectivity index (χ3v) is 5.27. The maximum absolute atomic E-state index is 12.8. The largest absolute Gasteiger partial charge is 0.348 e. The summed E-state index contributed by atoms with van der Waals surface area (Å²) in [5, 5.41) is 0.101. The van der Waals surface area contributed by atoms with Gasteiger partial charge >= 0.3 is 0 Å². The van der Waals surface area contributed by atoms with Crippen molar-refractivity contribution in [3.63, 3.8) is 0 Å². The van der Waals surface area contributed by atoms with Crippen LogP contribution in [0.1, 0.15) is 41.0 Å². The van der Waals surface area contributed by atoms with Gasteiger partial charge in [0.1, 0.15) is 11.5 Å². The van der Waals surface area contributed by atoms with Gasteiger partial charge in [0.15, 0.2) is 0 Å². The third kappa shape index (κ3) is 4.10. The first-order chi connectivity index (χ1) is 14.0. The molecule has 1 aromatic heterocycles. The molecule has 2 aromatic carbocycles. The summed E-state index contributed by atoms with van der Waals surface area (Å²) < 4.78 is 0. The number of amides is 1. The van der Waals surface area contributed by atoms with Gasteiger partial charge in [0.2, 0.25) is 5.28 Å². The predicted molar refractivity (Wildman–Crippen MR) is 115 cm³/mol. The molecule has 0 radical (unpaired) electrons. The van der Waals surface area contributed by atoms with Crippen LogP contribution in [0.2, 0.25) is 5.28 Å². The van der Waals surface area contributed by atoms with Crippen molar-refractivity contribution in [2.24, 2.45) is 0 Å². The van der Waals surface area contributed by atoms with Gasteiger partial charge in [0.25, 0.3) is 5.91 Å². The van der Waals surface area contributed by atoms with Crippen LogP contribution in [0.15, 0.2) is 60.7 Å². The van der Waals surface area contributed by atoms with Gasteiger partial charge in [0, 0.05) is 24.7 Å². The number of halogens is 1. The molecule has 0 spiro atoms. The summed E-state index contributed by atoms with van der Waals surface area (Å²) in [4.78, 5) is 25.7. The Morgan fingerprint density at radius 3 is 2.03 bits per heavy atom. The van der Waals surface area contributed by atoms with Crippen LogP contribution in [0.25, 0.3) is 0 Å². The van der Waals surface area contributed by atoms with Gasteiger partial charge in [-0.25, -0.2) is 9.97 Å². The Bertz CT molecular complexity index is 967. The van der Waals surface area contributed by atoms with Gasteiger partial charge in [-0.1, -0.05) is 60.7 Å². The first kappa shape index (κ1) is 19.4. The predicted octanol–water partition coefficient (Wildman–Crippen LogP) is 4.70. The zero-order valence-corrected chi connectivity index (χ0v) is 17.3. The van der Waals surface area contributed by atoms with Crippen LogP contribution in [0.3, 0.4) is 0 Å². The highest BCUT2D eigenvalue weighted by atomic mass is 35.5. The average Bonchev–Trinajstić information content (AvgIpc) is 3.05. The molecule has 5 nitrogen and oxygen atoms in total. The molecular formula is C23H23ClN4O. The molecule has 29 heavy (non-hydrogen) atoms. The zero-order valence-electron chi connectivity index (χ0n) is 16.5. The normalized spacial score (nSPS) is 13.1. The SMILES string of the molecule is CC(C)N1Cc2c(nc(Cl)nc2N(Cc2ccccc2)Cc2ccccc2)C1=O. The Kier molecular flexibility index (Phi) is 5.49.